The van der Waals surface area contributed by atoms with Crippen LogP contribution in [0.3, 0.4) is 0 Å². The van der Waals surface area contributed by atoms with Gasteiger partial charge in [-0.3, -0.25) is 0 Å². The molecule has 294 valence electrons. The van der Waals surface area contributed by atoms with E-state index in [4.69, 9.17) is 0 Å². The average molecular weight is 697 g/mol. The molecule has 0 aromatic heterocycles. The summed E-state index contributed by atoms with van der Waals surface area (Å²) in [6, 6.07) is 0. The van der Waals surface area contributed by atoms with Crippen molar-refractivity contribution in [3.63, 3.8) is 0 Å². The molecule has 0 spiro atoms. The Kier molecular flexibility index (Phi) is 51.2. The standard InChI is InChI=1S/C47H94O2.Li/c1-2-3-4-5-6-7-8-9-10-11-12-13-14-15-16-17-18-19-20-21-22-23-24-25-26-27-28-29-30-31-32-33-34-35-36-37-38-39-40-41-42-43-44-45-46-47(48)49;/h2-46H2,1H3,(H,48,49);/q;+1/p-1. The Morgan fingerprint density at radius 1 is 0.260 bits per heavy atom. The monoisotopic (exact) mass is 697 g/mol. The molecule has 0 atom stereocenters. The Morgan fingerprint density at radius 2 is 0.380 bits per heavy atom. The molecule has 0 radical (unpaired) electrons. The second-order valence-electron chi connectivity index (χ2n) is 16.3. The topological polar surface area (TPSA) is 40.1 Å². The first kappa shape index (κ1) is 52.2. The number of rotatable bonds is 45. The van der Waals surface area contributed by atoms with Crippen molar-refractivity contribution >= 4 is 5.97 Å². The quantitative estimate of drug-likeness (QED) is 0.0470. The minimum atomic E-state index is -0.896. The van der Waals surface area contributed by atoms with Crippen LogP contribution in [-0.4, -0.2) is 5.97 Å². The van der Waals surface area contributed by atoms with Gasteiger partial charge in [0.2, 0.25) is 0 Å². The molecule has 0 aromatic carbocycles. The number of hydrogen-bond donors (Lipinski definition) is 0. The summed E-state index contributed by atoms with van der Waals surface area (Å²) in [4.78, 5) is 10.4. The van der Waals surface area contributed by atoms with E-state index in [9.17, 15) is 9.90 Å². The third-order valence-electron chi connectivity index (χ3n) is 11.2. The summed E-state index contributed by atoms with van der Waals surface area (Å²) in [6.45, 7) is 2.31. The van der Waals surface area contributed by atoms with E-state index in [0.29, 0.717) is 0 Å². The Labute approximate surface area is 329 Å². The number of hydrogen-bond acceptors (Lipinski definition) is 2. The molecule has 0 saturated carbocycles. The first-order valence-corrected chi connectivity index (χ1v) is 23.5. The smallest absolute Gasteiger partial charge is 0.550 e. The van der Waals surface area contributed by atoms with Gasteiger partial charge in [-0.15, -0.1) is 0 Å². The largest absolute Gasteiger partial charge is 1.00 e. The molecule has 0 aliphatic carbocycles. The molecule has 0 aliphatic heterocycles. The van der Waals surface area contributed by atoms with E-state index in [1.807, 2.05) is 0 Å². The Bertz CT molecular complexity index is 594. The van der Waals surface area contributed by atoms with Crippen LogP contribution < -0.4 is 24.0 Å². The Morgan fingerprint density at radius 3 is 0.500 bits per heavy atom. The predicted octanol–water partition coefficient (Wildman–Crippen LogP) is 13.3. The van der Waals surface area contributed by atoms with Gasteiger partial charge in [0.1, 0.15) is 0 Å². The van der Waals surface area contributed by atoms with Gasteiger partial charge in [-0.1, -0.05) is 283 Å². The number of carbonyl (C=O) groups is 1. The van der Waals surface area contributed by atoms with Gasteiger partial charge in [-0.2, -0.15) is 0 Å². The predicted molar refractivity (Wildman–Crippen MR) is 218 cm³/mol. The van der Waals surface area contributed by atoms with Crippen LogP contribution in [0.4, 0.5) is 0 Å². The van der Waals surface area contributed by atoms with Crippen molar-refractivity contribution in [1.29, 1.82) is 0 Å². The summed E-state index contributed by atoms with van der Waals surface area (Å²) in [7, 11) is 0. The summed E-state index contributed by atoms with van der Waals surface area (Å²) in [5.74, 6) is -0.896. The van der Waals surface area contributed by atoms with Crippen LogP contribution in [0.1, 0.15) is 296 Å². The molecule has 2 nitrogen and oxygen atoms in total. The molecule has 0 saturated heterocycles. The summed E-state index contributed by atoms with van der Waals surface area (Å²) in [5, 5.41) is 10.4. The first-order chi connectivity index (χ1) is 24.3. The minimum absolute atomic E-state index is 0. The van der Waals surface area contributed by atoms with Gasteiger partial charge in [0.25, 0.3) is 0 Å². The molecule has 0 rings (SSSR count). The maximum atomic E-state index is 10.4. The average Bonchev–Trinajstić information content (AvgIpc) is 3.10. The van der Waals surface area contributed by atoms with Gasteiger partial charge in [0, 0.05) is 5.97 Å². The van der Waals surface area contributed by atoms with Gasteiger partial charge in [0.15, 0.2) is 0 Å². The van der Waals surface area contributed by atoms with Crippen LogP contribution >= 0.6 is 0 Å². The van der Waals surface area contributed by atoms with Crippen molar-refractivity contribution in [1.82, 2.24) is 0 Å². The van der Waals surface area contributed by atoms with E-state index in [2.05, 4.69) is 6.92 Å². The van der Waals surface area contributed by atoms with Crippen molar-refractivity contribution < 1.29 is 28.8 Å². The van der Waals surface area contributed by atoms with Crippen molar-refractivity contribution in [2.75, 3.05) is 0 Å². The zero-order valence-electron chi connectivity index (χ0n) is 35.1. The van der Waals surface area contributed by atoms with Gasteiger partial charge in [0.05, 0.1) is 0 Å². The molecule has 0 unspecified atom stereocenters. The normalized spacial score (nSPS) is 11.3. The second-order valence-corrected chi connectivity index (χ2v) is 16.3. The maximum Gasteiger partial charge on any atom is 1.00 e. The second kappa shape index (κ2) is 49.1. The summed E-state index contributed by atoms with van der Waals surface area (Å²) in [5.41, 5.74) is 0. The fourth-order valence-electron chi connectivity index (χ4n) is 7.77. The van der Waals surface area contributed by atoms with Crippen molar-refractivity contribution in [3.8, 4) is 0 Å². The molecule has 50 heavy (non-hydrogen) atoms. The molecule has 0 aliphatic rings. The van der Waals surface area contributed by atoms with E-state index in [-0.39, 0.29) is 25.3 Å². The number of carboxylic acid groups (broad SMARTS) is 1. The number of carboxylic acids is 1. The van der Waals surface area contributed by atoms with E-state index < -0.39 is 5.97 Å². The summed E-state index contributed by atoms with van der Waals surface area (Å²) < 4.78 is 0. The van der Waals surface area contributed by atoms with Crippen molar-refractivity contribution in [2.45, 2.75) is 296 Å². The zero-order chi connectivity index (χ0) is 35.4. The molecule has 0 fully saturated rings. The molecule has 3 heteroatoms. The first-order valence-electron chi connectivity index (χ1n) is 23.5. The molecular weight excluding hydrogens is 603 g/mol. The molecule has 0 aromatic rings. The fraction of sp³-hybridized carbons (Fsp3) is 0.979. The molecule has 0 amide bonds. The molecule has 0 heterocycles. The molecular formula is C47H93LiO2. The Balaban J connectivity index is 0. The summed E-state index contributed by atoms with van der Waals surface area (Å²) in [6.07, 6.45) is 63.0. The van der Waals surface area contributed by atoms with Gasteiger partial charge in [-0.05, 0) is 12.8 Å². The van der Waals surface area contributed by atoms with Gasteiger partial charge >= 0.3 is 18.9 Å². The van der Waals surface area contributed by atoms with E-state index in [1.54, 1.807) is 0 Å². The Hall–Kier alpha value is 0.0674. The van der Waals surface area contributed by atoms with E-state index in [1.165, 1.54) is 270 Å². The van der Waals surface area contributed by atoms with Crippen LogP contribution in [0.25, 0.3) is 0 Å². The maximum absolute atomic E-state index is 10.4. The zero-order valence-corrected chi connectivity index (χ0v) is 35.1. The third-order valence-corrected chi connectivity index (χ3v) is 11.2. The van der Waals surface area contributed by atoms with Crippen molar-refractivity contribution in [2.24, 2.45) is 0 Å². The minimum Gasteiger partial charge on any atom is -0.550 e. The van der Waals surface area contributed by atoms with Crippen LogP contribution in [0.2, 0.25) is 0 Å². The molecule has 0 N–H and O–H groups in total. The van der Waals surface area contributed by atoms with Crippen LogP contribution in [0.15, 0.2) is 0 Å². The third kappa shape index (κ3) is 50.2. The van der Waals surface area contributed by atoms with Gasteiger partial charge in [-0.25, -0.2) is 0 Å². The number of aliphatic carboxylic acids is 1. The van der Waals surface area contributed by atoms with E-state index in [0.717, 1.165) is 12.8 Å². The molecule has 0 bridgehead atoms. The van der Waals surface area contributed by atoms with Gasteiger partial charge < -0.3 is 9.90 Å². The van der Waals surface area contributed by atoms with E-state index >= 15 is 0 Å². The van der Waals surface area contributed by atoms with Crippen molar-refractivity contribution in [3.05, 3.63) is 0 Å². The number of carbonyl (C=O) groups excluding carboxylic acids is 1. The fourth-order valence-corrected chi connectivity index (χ4v) is 7.77. The van der Waals surface area contributed by atoms with Crippen LogP contribution in [0.5, 0.6) is 0 Å². The van der Waals surface area contributed by atoms with Crippen LogP contribution in [0, 0.1) is 0 Å². The number of unbranched alkanes of at least 4 members (excludes halogenated alkanes) is 43. The SMILES string of the molecule is CCCCCCCCCCCCCCCCCCCCCCCCCCCCCCCCCCCCCCCCCCCCCCC(=O)[O-].[Li+]. The van der Waals surface area contributed by atoms with Crippen LogP contribution in [-0.2, 0) is 4.79 Å². The summed E-state index contributed by atoms with van der Waals surface area (Å²) >= 11 is 0.